The van der Waals surface area contributed by atoms with Gasteiger partial charge in [0.15, 0.2) is 5.58 Å². The Hall–Kier alpha value is -2.41. The van der Waals surface area contributed by atoms with Crippen LogP contribution in [0, 0.1) is 6.92 Å². The Morgan fingerprint density at radius 2 is 2.05 bits per heavy atom. The van der Waals surface area contributed by atoms with Gasteiger partial charge >= 0.3 is 5.22 Å². The Labute approximate surface area is 121 Å². The maximum absolute atomic E-state index is 12.4. The first-order chi connectivity index (χ1) is 9.94. The number of benzene rings is 1. The molecule has 0 unspecified atom stereocenters. The van der Waals surface area contributed by atoms with Crippen molar-refractivity contribution in [1.29, 1.82) is 0 Å². The summed E-state index contributed by atoms with van der Waals surface area (Å²) in [4.78, 5) is 8.00. The zero-order chi connectivity index (χ0) is 15.0. The molecule has 3 rings (SSSR count). The first kappa shape index (κ1) is 13.6. The summed E-state index contributed by atoms with van der Waals surface area (Å²) >= 11 is 0. The molecule has 108 valence electrons. The van der Waals surface area contributed by atoms with Crippen molar-refractivity contribution >= 4 is 26.6 Å². The van der Waals surface area contributed by atoms with Crippen molar-refractivity contribution in [3.05, 3.63) is 47.8 Å². The van der Waals surface area contributed by atoms with Gasteiger partial charge in [0.25, 0.3) is 0 Å². The monoisotopic (exact) mass is 303 g/mol. The van der Waals surface area contributed by atoms with Crippen LogP contribution in [0.4, 0.5) is 5.69 Å². The largest absolute Gasteiger partial charge is 0.428 e. The van der Waals surface area contributed by atoms with E-state index in [1.165, 1.54) is 6.20 Å². The molecule has 21 heavy (non-hydrogen) atoms. The number of oxazole rings is 1. The third kappa shape index (κ3) is 2.73. The number of fused-ring (bicyclic) bond motifs is 1. The predicted octanol–water partition coefficient (Wildman–Crippen LogP) is 2.09. The molecule has 2 heterocycles. The van der Waals surface area contributed by atoms with E-state index in [2.05, 4.69) is 9.97 Å². The molecule has 0 spiro atoms. The minimum absolute atomic E-state index is 0.204. The summed E-state index contributed by atoms with van der Waals surface area (Å²) in [7, 11) is -3.66. The minimum Gasteiger partial charge on any atom is -0.428 e. The zero-order valence-electron chi connectivity index (χ0n) is 11.3. The second-order valence-corrected chi connectivity index (χ2v) is 6.70. The van der Waals surface area contributed by atoms with E-state index < -0.39 is 9.84 Å². The first-order valence-corrected chi connectivity index (χ1v) is 7.89. The normalized spacial score (nSPS) is 11.9. The van der Waals surface area contributed by atoms with Crippen molar-refractivity contribution in [1.82, 2.24) is 9.97 Å². The highest BCUT2D eigenvalue weighted by atomic mass is 32.2. The van der Waals surface area contributed by atoms with Crippen molar-refractivity contribution < 1.29 is 12.8 Å². The predicted molar refractivity (Wildman–Crippen MR) is 78.3 cm³/mol. The summed E-state index contributed by atoms with van der Waals surface area (Å²) in [5.74, 6) is -0.204. The molecule has 7 heteroatoms. The summed E-state index contributed by atoms with van der Waals surface area (Å²) in [5.41, 5.74) is 8.44. The van der Waals surface area contributed by atoms with Gasteiger partial charge in [-0.05, 0) is 30.2 Å². The maximum Gasteiger partial charge on any atom is 0.316 e. The summed E-state index contributed by atoms with van der Waals surface area (Å²) in [6, 6.07) is 6.59. The van der Waals surface area contributed by atoms with Crippen LogP contribution in [-0.2, 0) is 15.6 Å². The van der Waals surface area contributed by atoms with Crippen LogP contribution in [0.1, 0.15) is 11.1 Å². The second-order valence-electron chi connectivity index (χ2n) is 4.84. The molecule has 0 aliphatic heterocycles. The van der Waals surface area contributed by atoms with Crippen LogP contribution in [0.5, 0.6) is 0 Å². The van der Waals surface area contributed by atoms with E-state index in [-0.39, 0.29) is 11.0 Å². The molecular formula is C14H13N3O3S. The summed E-state index contributed by atoms with van der Waals surface area (Å²) < 4.78 is 30.0. The molecular weight excluding hydrogens is 290 g/mol. The third-order valence-electron chi connectivity index (χ3n) is 2.95. The first-order valence-electron chi connectivity index (χ1n) is 6.23. The quantitative estimate of drug-likeness (QED) is 0.744. The maximum atomic E-state index is 12.4. The Morgan fingerprint density at radius 1 is 1.24 bits per heavy atom. The van der Waals surface area contributed by atoms with E-state index >= 15 is 0 Å². The molecule has 0 bridgehead atoms. The Morgan fingerprint density at radius 3 is 2.81 bits per heavy atom. The van der Waals surface area contributed by atoms with Gasteiger partial charge in [0.2, 0.25) is 9.84 Å². The van der Waals surface area contributed by atoms with Gasteiger partial charge in [-0.2, -0.15) is 4.98 Å². The Kier molecular flexibility index (Phi) is 3.13. The Bertz CT molecular complexity index is 916. The molecule has 3 aromatic rings. The smallest absolute Gasteiger partial charge is 0.316 e. The van der Waals surface area contributed by atoms with Crippen LogP contribution >= 0.6 is 0 Å². The fourth-order valence-corrected chi connectivity index (χ4v) is 3.21. The van der Waals surface area contributed by atoms with Gasteiger partial charge in [0, 0.05) is 24.1 Å². The van der Waals surface area contributed by atoms with Crippen molar-refractivity contribution in [2.24, 2.45) is 0 Å². The average Bonchev–Trinajstić information content (AvgIpc) is 2.82. The third-order valence-corrected chi connectivity index (χ3v) is 4.37. The van der Waals surface area contributed by atoms with Gasteiger partial charge in [-0.1, -0.05) is 6.07 Å². The lowest BCUT2D eigenvalue weighted by Gasteiger charge is -2.01. The fraction of sp³-hybridized carbons (Fsp3) is 0.143. The minimum atomic E-state index is -3.66. The van der Waals surface area contributed by atoms with Crippen LogP contribution < -0.4 is 5.73 Å². The average molecular weight is 303 g/mol. The molecule has 0 fully saturated rings. The number of hydrogen-bond acceptors (Lipinski definition) is 6. The van der Waals surface area contributed by atoms with E-state index in [1.54, 1.807) is 30.5 Å². The molecule has 0 saturated carbocycles. The summed E-state index contributed by atoms with van der Waals surface area (Å²) in [6.45, 7) is 1.85. The van der Waals surface area contributed by atoms with E-state index in [0.29, 0.717) is 22.4 Å². The van der Waals surface area contributed by atoms with Gasteiger partial charge in [0.05, 0.1) is 5.75 Å². The van der Waals surface area contributed by atoms with E-state index in [0.717, 1.165) is 5.56 Å². The highest BCUT2D eigenvalue weighted by Gasteiger charge is 2.22. The number of pyridine rings is 1. The van der Waals surface area contributed by atoms with Crippen molar-refractivity contribution in [2.45, 2.75) is 17.9 Å². The Balaban J connectivity index is 2.00. The lowest BCUT2D eigenvalue weighted by atomic mass is 10.2. The number of aromatic nitrogens is 2. The molecule has 0 radical (unpaired) electrons. The van der Waals surface area contributed by atoms with Gasteiger partial charge in [0.1, 0.15) is 5.52 Å². The van der Waals surface area contributed by atoms with Crippen molar-refractivity contribution in [2.75, 3.05) is 5.73 Å². The second kappa shape index (κ2) is 4.85. The van der Waals surface area contributed by atoms with Gasteiger partial charge in [-0.25, -0.2) is 8.42 Å². The van der Waals surface area contributed by atoms with Crippen LogP contribution in [0.2, 0.25) is 0 Å². The zero-order valence-corrected chi connectivity index (χ0v) is 12.1. The highest BCUT2D eigenvalue weighted by Crippen LogP contribution is 2.23. The summed E-state index contributed by atoms with van der Waals surface area (Å²) in [6.07, 6.45) is 3.18. The summed E-state index contributed by atoms with van der Waals surface area (Å²) in [5, 5.41) is -0.301. The highest BCUT2D eigenvalue weighted by molar-refractivity contribution is 7.90. The van der Waals surface area contributed by atoms with Crippen LogP contribution in [0.25, 0.3) is 11.1 Å². The SMILES string of the molecule is Cc1cncc(CS(=O)(=O)c2nc3ccc(N)cc3o2)c1. The molecule has 2 N–H and O–H groups in total. The number of aryl methyl sites for hydroxylation is 1. The number of sulfone groups is 1. The van der Waals surface area contributed by atoms with Gasteiger partial charge < -0.3 is 10.2 Å². The number of rotatable bonds is 3. The lowest BCUT2D eigenvalue weighted by Crippen LogP contribution is -2.05. The van der Waals surface area contributed by atoms with Crippen molar-refractivity contribution in [3.8, 4) is 0 Å². The standard InChI is InChI=1S/C14H13N3O3S/c1-9-4-10(7-16-6-9)8-21(18,19)14-17-12-3-2-11(15)5-13(12)20-14/h2-7H,8,15H2,1H3. The fourth-order valence-electron chi connectivity index (χ4n) is 2.03. The molecule has 2 aromatic heterocycles. The topological polar surface area (TPSA) is 99.1 Å². The van der Waals surface area contributed by atoms with E-state index in [4.69, 9.17) is 10.2 Å². The molecule has 0 saturated heterocycles. The van der Waals surface area contributed by atoms with Gasteiger partial charge in [-0.15, -0.1) is 0 Å². The van der Waals surface area contributed by atoms with Crippen molar-refractivity contribution in [3.63, 3.8) is 0 Å². The van der Waals surface area contributed by atoms with Crippen LogP contribution in [-0.4, -0.2) is 18.4 Å². The van der Waals surface area contributed by atoms with Gasteiger partial charge in [-0.3, -0.25) is 4.98 Å². The number of nitrogens with two attached hydrogens (primary N) is 1. The lowest BCUT2D eigenvalue weighted by molar-refractivity contribution is 0.458. The molecule has 6 nitrogen and oxygen atoms in total. The molecule has 0 amide bonds. The molecule has 1 aromatic carbocycles. The number of nitrogen functional groups attached to an aromatic ring is 1. The molecule has 0 aliphatic carbocycles. The van der Waals surface area contributed by atoms with Crippen LogP contribution in [0.3, 0.4) is 0 Å². The molecule has 0 aliphatic rings. The number of hydrogen-bond donors (Lipinski definition) is 1. The van der Waals surface area contributed by atoms with E-state index in [1.807, 2.05) is 6.92 Å². The molecule has 0 atom stereocenters. The number of anilines is 1. The number of nitrogens with zero attached hydrogens (tertiary/aromatic N) is 2. The van der Waals surface area contributed by atoms with Crippen LogP contribution in [0.15, 0.2) is 46.3 Å². The van der Waals surface area contributed by atoms with E-state index in [9.17, 15) is 8.42 Å².